The molecule has 3 heterocycles. The van der Waals surface area contributed by atoms with Crippen LogP contribution in [0.1, 0.15) is 70.2 Å². The third-order valence-electron chi connectivity index (χ3n) is 6.40. The maximum absolute atomic E-state index is 12.4. The third-order valence-corrected chi connectivity index (χ3v) is 7.72. The molecule has 0 atom stereocenters. The second-order valence-electron chi connectivity index (χ2n) is 10.1. The molecule has 1 saturated carbocycles. The highest BCUT2D eigenvalue weighted by Crippen LogP contribution is 2.39. The molecule has 1 amide bonds. The molecule has 0 unspecified atom stereocenters. The van der Waals surface area contributed by atoms with Crippen LogP contribution in [0.3, 0.4) is 0 Å². The first-order valence-corrected chi connectivity index (χ1v) is 13.2. The van der Waals surface area contributed by atoms with E-state index in [4.69, 9.17) is 21.1 Å². The van der Waals surface area contributed by atoms with Crippen LogP contribution in [-0.4, -0.2) is 64.1 Å². The number of halogens is 1. The van der Waals surface area contributed by atoms with Gasteiger partial charge in [0.1, 0.15) is 15.8 Å². The first-order valence-electron chi connectivity index (χ1n) is 12.0. The fourth-order valence-corrected chi connectivity index (χ4v) is 5.68. The van der Waals surface area contributed by atoms with E-state index in [0.29, 0.717) is 17.1 Å². The Morgan fingerprint density at radius 3 is 2.56 bits per heavy atom. The van der Waals surface area contributed by atoms with Crippen molar-refractivity contribution in [2.45, 2.75) is 82.9 Å². The van der Waals surface area contributed by atoms with Gasteiger partial charge in [0.25, 0.3) is 0 Å². The van der Waals surface area contributed by atoms with Crippen LogP contribution in [0.25, 0.3) is 10.6 Å². The standard InChI is InChI=1S/C24H34ClN5O3S/c1-24(2,3)33-23(31)30(4)17-7-5-15(6-8-17)21-28-29-22(34-21)18-14-26-20(25)13-19(18)27-16-9-11-32-12-10-16/h13-17H,5-12H2,1-4H3,(H,26,27). The molecule has 2 fully saturated rings. The second-order valence-corrected chi connectivity index (χ2v) is 11.5. The molecular formula is C24H34ClN5O3S. The summed E-state index contributed by atoms with van der Waals surface area (Å²) >= 11 is 7.82. The van der Waals surface area contributed by atoms with E-state index in [2.05, 4.69) is 20.5 Å². The molecule has 0 bridgehead atoms. The summed E-state index contributed by atoms with van der Waals surface area (Å²) in [4.78, 5) is 18.5. The van der Waals surface area contributed by atoms with E-state index in [-0.39, 0.29) is 12.1 Å². The van der Waals surface area contributed by atoms with Gasteiger partial charge in [-0.15, -0.1) is 10.2 Å². The van der Waals surface area contributed by atoms with Gasteiger partial charge in [-0.2, -0.15) is 0 Å². The van der Waals surface area contributed by atoms with Crippen LogP contribution in [0.15, 0.2) is 12.3 Å². The van der Waals surface area contributed by atoms with Crippen LogP contribution in [0.5, 0.6) is 0 Å². The Morgan fingerprint density at radius 1 is 1.18 bits per heavy atom. The van der Waals surface area contributed by atoms with E-state index in [9.17, 15) is 4.79 Å². The summed E-state index contributed by atoms with van der Waals surface area (Å²) in [5.41, 5.74) is 1.39. The average molecular weight is 508 g/mol. The van der Waals surface area contributed by atoms with Gasteiger partial charge in [0, 0.05) is 50.1 Å². The SMILES string of the molecule is CN(C(=O)OC(C)(C)C)C1CCC(c2nnc(-c3cnc(Cl)cc3NC3CCOCC3)s2)CC1. The molecule has 1 N–H and O–H groups in total. The lowest BCUT2D eigenvalue weighted by Gasteiger charge is -2.35. The summed E-state index contributed by atoms with van der Waals surface area (Å²) in [5.74, 6) is 0.349. The molecule has 0 spiro atoms. The van der Waals surface area contributed by atoms with Crippen molar-refractivity contribution < 1.29 is 14.3 Å². The van der Waals surface area contributed by atoms with Crippen LogP contribution in [0, 0.1) is 0 Å². The number of aromatic nitrogens is 3. The summed E-state index contributed by atoms with van der Waals surface area (Å²) in [6.07, 6.45) is 7.23. The summed E-state index contributed by atoms with van der Waals surface area (Å²) in [5, 5.41) is 15.0. The highest BCUT2D eigenvalue weighted by molar-refractivity contribution is 7.14. The number of carbonyl (C=O) groups is 1. The van der Waals surface area contributed by atoms with Crippen molar-refractivity contribution >= 4 is 34.7 Å². The highest BCUT2D eigenvalue weighted by atomic mass is 35.5. The topological polar surface area (TPSA) is 89.5 Å². The van der Waals surface area contributed by atoms with Crippen molar-refractivity contribution in [3.63, 3.8) is 0 Å². The number of nitrogens with zero attached hydrogens (tertiary/aromatic N) is 4. The zero-order valence-electron chi connectivity index (χ0n) is 20.3. The van der Waals surface area contributed by atoms with Gasteiger partial charge in [-0.3, -0.25) is 0 Å². The zero-order chi connectivity index (χ0) is 24.3. The third kappa shape index (κ3) is 6.37. The monoisotopic (exact) mass is 507 g/mol. The Hall–Kier alpha value is -1.97. The van der Waals surface area contributed by atoms with Crippen molar-refractivity contribution in [1.82, 2.24) is 20.1 Å². The normalized spacial score (nSPS) is 21.8. The molecule has 0 radical (unpaired) electrons. The van der Waals surface area contributed by atoms with Gasteiger partial charge >= 0.3 is 6.09 Å². The number of nitrogens with one attached hydrogen (secondary N) is 1. The first-order chi connectivity index (χ1) is 16.2. The van der Waals surface area contributed by atoms with E-state index in [0.717, 1.165) is 73.0 Å². The largest absolute Gasteiger partial charge is 0.444 e. The van der Waals surface area contributed by atoms with Crippen LogP contribution < -0.4 is 5.32 Å². The van der Waals surface area contributed by atoms with Gasteiger partial charge in [0.05, 0.1) is 5.56 Å². The van der Waals surface area contributed by atoms with Gasteiger partial charge < -0.3 is 19.7 Å². The van der Waals surface area contributed by atoms with E-state index >= 15 is 0 Å². The smallest absolute Gasteiger partial charge is 0.410 e. The number of pyridine rings is 1. The number of anilines is 1. The van der Waals surface area contributed by atoms with E-state index < -0.39 is 5.60 Å². The lowest BCUT2D eigenvalue weighted by molar-refractivity contribution is 0.0183. The summed E-state index contributed by atoms with van der Waals surface area (Å²) in [6.45, 7) is 7.21. The minimum atomic E-state index is -0.486. The summed E-state index contributed by atoms with van der Waals surface area (Å²) in [7, 11) is 1.84. The van der Waals surface area contributed by atoms with Crippen LogP contribution >= 0.6 is 22.9 Å². The Morgan fingerprint density at radius 2 is 1.88 bits per heavy atom. The zero-order valence-corrected chi connectivity index (χ0v) is 21.9. The maximum atomic E-state index is 12.4. The lowest BCUT2D eigenvalue weighted by atomic mass is 9.86. The summed E-state index contributed by atoms with van der Waals surface area (Å²) < 4.78 is 11.0. The Labute approximate surface area is 210 Å². The highest BCUT2D eigenvalue weighted by Gasteiger charge is 2.31. The number of amides is 1. The molecule has 4 rings (SSSR count). The average Bonchev–Trinajstić information content (AvgIpc) is 3.28. The van der Waals surface area contributed by atoms with Gasteiger partial charge in [-0.05, 0) is 65.4 Å². The fraction of sp³-hybridized carbons (Fsp3) is 0.667. The van der Waals surface area contributed by atoms with Crippen LogP contribution in [0.4, 0.5) is 10.5 Å². The van der Waals surface area contributed by atoms with Crippen molar-refractivity contribution in [1.29, 1.82) is 0 Å². The fourth-order valence-electron chi connectivity index (χ4n) is 4.48. The van der Waals surface area contributed by atoms with Crippen molar-refractivity contribution in [2.24, 2.45) is 0 Å². The minimum absolute atomic E-state index is 0.189. The van der Waals surface area contributed by atoms with Gasteiger partial charge in [-0.25, -0.2) is 9.78 Å². The Balaban J connectivity index is 1.40. The Kier molecular flexibility index (Phi) is 7.94. The van der Waals surface area contributed by atoms with Crippen molar-refractivity contribution in [2.75, 3.05) is 25.6 Å². The van der Waals surface area contributed by atoms with Crippen molar-refractivity contribution in [3.8, 4) is 10.6 Å². The lowest BCUT2D eigenvalue weighted by Crippen LogP contribution is -2.42. The molecule has 1 saturated heterocycles. The van der Waals surface area contributed by atoms with Crippen LogP contribution in [-0.2, 0) is 9.47 Å². The van der Waals surface area contributed by atoms with Gasteiger partial charge in [0.15, 0.2) is 5.01 Å². The van der Waals surface area contributed by atoms with E-state index in [1.54, 1.807) is 22.4 Å². The summed E-state index contributed by atoms with van der Waals surface area (Å²) in [6, 6.07) is 2.40. The number of hydrogen-bond acceptors (Lipinski definition) is 8. The molecule has 34 heavy (non-hydrogen) atoms. The van der Waals surface area contributed by atoms with Gasteiger partial charge in [-0.1, -0.05) is 22.9 Å². The van der Waals surface area contributed by atoms with Gasteiger partial charge in [0.2, 0.25) is 0 Å². The molecule has 1 aliphatic heterocycles. The predicted molar refractivity (Wildman–Crippen MR) is 135 cm³/mol. The number of rotatable bonds is 5. The maximum Gasteiger partial charge on any atom is 0.410 e. The quantitative estimate of drug-likeness (QED) is 0.516. The molecule has 0 aromatic carbocycles. The van der Waals surface area contributed by atoms with Crippen molar-refractivity contribution in [3.05, 3.63) is 22.4 Å². The van der Waals surface area contributed by atoms with Crippen LogP contribution in [0.2, 0.25) is 5.15 Å². The first kappa shape index (κ1) is 25.1. The molecule has 1 aliphatic carbocycles. The predicted octanol–water partition coefficient (Wildman–Crippen LogP) is 5.74. The molecule has 2 aliphatic rings. The molecule has 2 aromatic heterocycles. The molecule has 2 aromatic rings. The second kappa shape index (κ2) is 10.7. The number of hydrogen-bond donors (Lipinski definition) is 1. The number of carbonyl (C=O) groups excluding carboxylic acids is 1. The molecule has 186 valence electrons. The minimum Gasteiger partial charge on any atom is -0.444 e. The van der Waals surface area contributed by atoms with E-state index in [1.165, 1.54) is 0 Å². The molecular weight excluding hydrogens is 474 g/mol. The Bertz CT molecular complexity index is 981. The van der Waals surface area contributed by atoms with E-state index in [1.807, 2.05) is 33.9 Å². The molecule has 8 nitrogen and oxygen atoms in total. The number of ether oxygens (including phenoxy) is 2. The molecule has 10 heteroatoms.